The van der Waals surface area contributed by atoms with E-state index >= 15 is 0 Å². The predicted molar refractivity (Wildman–Crippen MR) is 391 cm³/mol. The summed E-state index contributed by atoms with van der Waals surface area (Å²) in [5.41, 5.74) is 0. The number of esters is 4. The smallest absolute Gasteiger partial charge is 0.462 e. The number of aliphatic hydroxyl groups is 1. The number of hydrogen-bond donors (Lipinski definition) is 3. The molecule has 0 rings (SSSR count). The van der Waals surface area contributed by atoms with E-state index in [0.717, 1.165) is 114 Å². The van der Waals surface area contributed by atoms with Gasteiger partial charge in [0.25, 0.3) is 0 Å². The zero-order valence-corrected chi connectivity index (χ0v) is 64.6. The SMILES string of the molecule is CCCCCCCCCCCCCCCC(=O)O[C@H](COC(=O)CCCCCCCCC(C)CC)COP(=O)(O)OC[C@H](O)COP(=O)(O)OC[C@@H](COC(=O)CCCCCCCCCCCCCCCC(C)C)OC(=O)CCCCCCCCCCCCCCCCC(C)C. The van der Waals surface area contributed by atoms with Gasteiger partial charge in [-0.2, -0.15) is 0 Å². The minimum atomic E-state index is -4.96. The van der Waals surface area contributed by atoms with Crippen molar-refractivity contribution in [2.75, 3.05) is 39.6 Å². The summed E-state index contributed by atoms with van der Waals surface area (Å²) >= 11 is 0. The Morgan fingerprint density at radius 2 is 0.531 bits per heavy atom. The van der Waals surface area contributed by atoms with Crippen molar-refractivity contribution in [3.63, 3.8) is 0 Å². The third kappa shape index (κ3) is 69.2. The van der Waals surface area contributed by atoms with Crippen molar-refractivity contribution in [3.05, 3.63) is 0 Å². The molecular formula is C77H150O17P2. The van der Waals surface area contributed by atoms with E-state index in [1.54, 1.807) is 0 Å². The van der Waals surface area contributed by atoms with Gasteiger partial charge >= 0.3 is 39.5 Å². The Bertz CT molecular complexity index is 1870. The first kappa shape index (κ1) is 94.1. The van der Waals surface area contributed by atoms with E-state index in [1.807, 2.05) is 0 Å². The molecule has 3 unspecified atom stereocenters. The van der Waals surface area contributed by atoms with Crippen molar-refractivity contribution in [2.45, 2.75) is 414 Å². The number of hydrogen-bond acceptors (Lipinski definition) is 15. The summed E-state index contributed by atoms with van der Waals surface area (Å²) in [4.78, 5) is 72.9. The monoisotopic (exact) mass is 1410 g/mol. The van der Waals surface area contributed by atoms with Crippen LogP contribution < -0.4 is 0 Å². The molecule has 0 radical (unpaired) electrons. The fourth-order valence-electron chi connectivity index (χ4n) is 11.7. The van der Waals surface area contributed by atoms with Crippen LogP contribution in [0.15, 0.2) is 0 Å². The molecule has 96 heavy (non-hydrogen) atoms. The molecule has 19 heteroatoms. The highest BCUT2D eigenvalue weighted by atomic mass is 31.2. The van der Waals surface area contributed by atoms with Crippen molar-refractivity contribution in [1.82, 2.24) is 0 Å². The molecule has 0 aliphatic rings. The summed E-state index contributed by atoms with van der Waals surface area (Å²) < 4.78 is 68.6. The first-order valence-electron chi connectivity index (χ1n) is 39.9. The van der Waals surface area contributed by atoms with E-state index in [-0.39, 0.29) is 25.7 Å². The summed E-state index contributed by atoms with van der Waals surface area (Å²) in [5, 5.41) is 10.6. The van der Waals surface area contributed by atoms with Crippen molar-refractivity contribution < 1.29 is 80.2 Å². The molecular weight excluding hydrogens is 1260 g/mol. The molecule has 0 saturated heterocycles. The van der Waals surface area contributed by atoms with Crippen molar-refractivity contribution >= 4 is 39.5 Å². The Morgan fingerprint density at radius 3 is 0.792 bits per heavy atom. The van der Waals surface area contributed by atoms with Gasteiger partial charge in [-0.25, -0.2) is 9.13 Å². The number of ether oxygens (including phenoxy) is 4. The molecule has 0 bridgehead atoms. The lowest BCUT2D eigenvalue weighted by Gasteiger charge is -2.21. The van der Waals surface area contributed by atoms with E-state index in [9.17, 15) is 43.2 Å². The third-order valence-corrected chi connectivity index (χ3v) is 20.1. The van der Waals surface area contributed by atoms with Crippen molar-refractivity contribution in [2.24, 2.45) is 17.8 Å². The summed E-state index contributed by atoms with van der Waals surface area (Å²) in [6.07, 6.45) is 54.0. The Morgan fingerprint density at radius 1 is 0.302 bits per heavy atom. The molecule has 0 saturated carbocycles. The van der Waals surface area contributed by atoms with E-state index in [4.69, 9.17) is 37.0 Å². The minimum absolute atomic E-state index is 0.107. The van der Waals surface area contributed by atoms with Crippen LogP contribution in [0.2, 0.25) is 0 Å². The maximum absolute atomic E-state index is 13.1. The Balaban J connectivity index is 5.25. The van der Waals surface area contributed by atoms with Crippen LogP contribution >= 0.6 is 15.6 Å². The molecule has 0 aromatic carbocycles. The van der Waals surface area contributed by atoms with Crippen LogP contribution in [-0.4, -0.2) is 96.7 Å². The second-order valence-electron chi connectivity index (χ2n) is 28.9. The Kier molecular flexibility index (Phi) is 66.2. The maximum atomic E-state index is 13.1. The number of carbonyl (C=O) groups excluding carboxylic acids is 4. The molecule has 0 aliphatic heterocycles. The number of rotatable bonds is 75. The topological polar surface area (TPSA) is 237 Å². The summed E-state index contributed by atoms with van der Waals surface area (Å²) in [7, 11) is -9.91. The molecule has 0 fully saturated rings. The van der Waals surface area contributed by atoms with Crippen molar-refractivity contribution in [3.8, 4) is 0 Å². The van der Waals surface area contributed by atoms with Crippen LogP contribution in [0.4, 0.5) is 0 Å². The normalized spacial score (nSPS) is 14.3. The molecule has 0 amide bonds. The summed E-state index contributed by atoms with van der Waals surface area (Å²) in [6.45, 7) is 11.9. The summed E-state index contributed by atoms with van der Waals surface area (Å²) in [6, 6.07) is 0. The highest BCUT2D eigenvalue weighted by Crippen LogP contribution is 2.45. The fraction of sp³-hybridized carbons (Fsp3) is 0.948. The van der Waals surface area contributed by atoms with Crippen LogP contribution in [0, 0.1) is 17.8 Å². The van der Waals surface area contributed by atoms with E-state index in [0.29, 0.717) is 25.7 Å². The van der Waals surface area contributed by atoms with Gasteiger partial charge < -0.3 is 33.8 Å². The quantitative estimate of drug-likeness (QED) is 0.0222. The van der Waals surface area contributed by atoms with E-state index in [2.05, 4.69) is 48.5 Å². The van der Waals surface area contributed by atoms with E-state index in [1.165, 1.54) is 199 Å². The molecule has 0 heterocycles. The van der Waals surface area contributed by atoms with Gasteiger partial charge in [-0.05, 0) is 43.4 Å². The zero-order chi connectivity index (χ0) is 70.9. The number of unbranched alkanes of at least 4 members (excludes halogenated alkanes) is 42. The first-order chi connectivity index (χ1) is 46.3. The second kappa shape index (κ2) is 67.5. The summed E-state index contributed by atoms with van der Waals surface area (Å²) in [5.74, 6) is 0.202. The Labute approximate surface area is 588 Å². The molecule has 6 atom stereocenters. The van der Waals surface area contributed by atoms with Crippen LogP contribution in [0.5, 0.6) is 0 Å². The zero-order valence-electron chi connectivity index (χ0n) is 62.8. The van der Waals surface area contributed by atoms with Crippen LogP contribution in [0.25, 0.3) is 0 Å². The van der Waals surface area contributed by atoms with E-state index < -0.39 is 97.5 Å². The minimum Gasteiger partial charge on any atom is -0.462 e. The molecule has 570 valence electrons. The number of phosphoric acid groups is 2. The lowest BCUT2D eigenvalue weighted by molar-refractivity contribution is -0.161. The van der Waals surface area contributed by atoms with Gasteiger partial charge in [-0.3, -0.25) is 37.3 Å². The van der Waals surface area contributed by atoms with Gasteiger partial charge in [-0.1, -0.05) is 344 Å². The fourth-order valence-corrected chi connectivity index (χ4v) is 13.3. The standard InChI is InChI=1S/C77H150O17P2/c1-8-10-11-12-13-14-15-19-27-32-37-46-53-60-77(82)94-73(65-88-75(80)59-52-45-40-39-43-50-57-70(7)9-2)67-92-96(85,86)90-63-71(78)62-89-95(83,84)91-66-72(64-87-74(79)58-51-44-36-31-26-23-18-21-25-30-35-42-49-56-69(5)6)93-76(81)61-54-47-38-33-28-22-17-16-20-24-29-34-41-48-55-68(3)4/h68-73,78H,8-67H2,1-7H3,(H,83,84)(H,85,86)/t70?,71-,72-,73-/m1/s1. The first-order valence-corrected chi connectivity index (χ1v) is 42.9. The number of carbonyl (C=O) groups is 4. The lowest BCUT2D eigenvalue weighted by Crippen LogP contribution is -2.30. The molecule has 17 nitrogen and oxygen atoms in total. The molecule has 0 spiro atoms. The molecule has 0 aromatic heterocycles. The second-order valence-corrected chi connectivity index (χ2v) is 31.8. The average molecular weight is 1410 g/mol. The van der Waals surface area contributed by atoms with Gasteiger partial charge in [0.15, 0.2) is 12.2 Å². The Hall–Kier alpha value is -1.94. The number of aliphatic hydroxyl groups excluding tert-OH is 1. The van der Waals surface area contributed by atoms with Gasteiger partial charge in [0.1, 0.15) is 19.3 Å². The largest absolute Gasteiger partial charge is 0.472 e. The van der Waals surface area contributed by atoms with Gasteiger partial charge in [0, 0.05) is 25.7 Å². The van der Waals surface area contributed by atoms with Crippen LogP contribution in [-0.2, 0) is 65.4 Å². The predicted octanol–water partition coefficient (Wildman–Crippen LogP) is 22.6. The van der Waals surface area contributed by atoms with Gasteiger partial charge in [-0.15, -0.1) is 0 Å². The lowest BCUT2D eigenvalue weighted by atomic mass is 10.00. The maximum Gasteiger partial charge on any atom is 0.472 e. The average Bonchev–Trinajstić information content (AvgIpc) is 1.08. The van der Waals surface area contributed by atoms with Gasteiger partial charge in [0.2, 0.25) is 0 Å². The van der Waals surface area contributed by atoms with Crippen LogP contribution in [0.1, 0.15) is 395 Å². The van der Waals surface area contributed by atoms with Crippen LogP contribution in [0.3, 0.4) is 0 Å². The molecule has 3 N–H and O–H groups in total. The highest BCUT2D eigenvalue weighted by Gasteiger charge is 2.30. The number of phosphoric ester groups is 2. The van der Waals surface area contributed by atoms with Gasteiger partial charge in [0.05, 0.1) is 26.4 Å². The third-order valence-electron chi connectivity index (χ3n) is 18.2. The molecule has 0 aliphatic carbocycles. The molecule has 0 aromatic rings. The highest BCUT2D eigenvalue weighted by molar-refractivity contribution is 7.47. The van der Waals surface area contributed by atoms with Crippen molar-refractivity contribution in [1.29, 1.82) is 0 Å².